The molecule has 1 aliphatic heterocycles. The fraction of sp³-hybridized carbons (Fsp3) is 0.278. The van der Waals surface area contributed by atoms with Gasteiger partial charge in [-0.05, 0) is 37.1 Å². The van der Waals surface area contributed by atoms with Crippen molar-refractivity contribution >= 4 is 28.6 Å². The van der Waals surface area contributed by atoms with Gasteiger partial charge in [0.15, 0.2) is 11.5 Å². The second-order valence-electron chi connectivity index (χ2n) is 6.10. The van der Waals surface area contributed by atoms with Crippen molar-refractivity contribution in [2.45, 2.75) is 18.8 Å². The van der Waals surface area contributed by atoms with Crippen LogP contribution in [-0.4, -0.2) is 33.9 Å². The van der Waals surface area contributed by atoms with Crippen LogP contribution in [0.2, 0.25) is 5.02 Å². The highest BCUT2D eigenvalue weighted by Crippen LogP contribution is 2.31. The Morgan fingerprint density at radius 2 is 2.04 bits per heavy atom. The van der Waals surface area contributed by atoms with Crippen LogP contribution in [0.15, 0.2) is 40.9 Å². The van der Waals surface area contributed by atoms with Crippen molar-refractivity contribution < 1.29 is 13.6 Å². The topological polar surface area (TPSA) is 59.2 Å². The maximum absolute atomic E-state index is 13.2. The number of benzene rings is 1. The molecule has 0 N–H and O–H groups in total. The Morgan fingerprint density at radius 3 is 2.80 bits per heavy atom. The lowest BCUT2D eigenvalue weighted by Crippen LogP contribution is -2.38. The molecule has 1 amide bonds. The zero-order chi connectivity index (χ0) is 17.4. The minimum Gasteiger partial charge on any atom is -0.440 e. The summed E-state index contributed by atoms with van der Waals surface area (Å²) in [7, 11) is 0. The molecule has 3 aromatic rings. The lowest BCUT2D eigenvalue weighted by Gasteiger charge is -2.30. The highest BCUT2D eigenvalue weighted by atomic mass is 35.5. The molecule has 1 saturated heterocycles. The van der Waals surface area contributed by atoms with Gasteiger partial charge >= 0.3 is 0 Å². The second kappa shape index (κ2) is 6.44. The first-order chi connectivity index (χ1) is 12.1. The zero-order valence-corrected chi connectivity index (χ0v) is 14.0. The number of amides is 1. The molecule has 0 aliphatic carbocycles. The first kappa shape index (κ1) is 16.0. The number of carbonyl (C=O) groups excluding carboxylic acids is 1. The van der Waals surface area contributed by atoms with E-state index in [0.717, 1.165) is 18.4 Å². The number of fused-ring (bicyclic) bond motifs is 1. The van der Waals surface area contributed by atoms with E-state index in [1.165, 1.54) is 18.3 Å². The SMILES string of the molecule is O=C(c1ccnc(F)c1)N1CCC(c2nc3cc(Cl)ccc3o2)CC1. The predicted octanol–water partition coefficient (Wildman–Crippen LogP) is 4.04. The maximum atomic E-state index is 13.2. The molecule has 2 aromatic heterocycles. The Hall–Kier alpha value is -2.47. The van der Waals surface area contributed by atoms with Crippen LogP contribution in [0.1, 0.15) is 35.0 Å². The Kier molecular flexibility index (Phi) is 4.13. The molecular weight excluding hydrogens is 345 g/mol. The third-order valence-corrected chi connectivity index (χ3v) is 4.71. The summed E-state index contributed by atoms with van der Waals surface area (Å²) in [6.07, 6.45) is 2.80. The standard InChI is InChI=1S/C18H15ClFN3O2/c19-13-1-2-15-14(10-13)22-17(25-15)11-4-7-23(8-5-11)18(24)12-3-6-21-16(20)9-12/h1-3,6,9-11H,4-5,7-8H2. The van der Waals surface area contributed by atoms with Gasteiger partial charge in [0.1, 0.15) is 5.52 Å². The molecule has 1 aromatic carbocycles. The van der Waals surface area contributed by atoms with Gasteiger partial charge in [-0.2, -0.15) is 4.39 Å². The summed E-state index contributed by atoms with van der Waals surface area (Å²) in [6, 6.07) is 8.06. The van der Waals surface area contributed by atoms with E-state index in [1.54, 1.807) is 17.0 Å². The number of carbonyl (C=O) groups is 1. The van der Waals surface area contributed by atoms with Crippen molar-refractivity contribution in [2.24, 2.45) is 0 Å². The summed E-state index contributed by atoms with van der Waals surface area (Å²) in [5, 5.41) is 0.623. The minimum absolute atomic E-state index is 0.157. The summed E-state index contributed by atoms with van der Waals surface area (Å²) < 4.78 is 19.0. The van der Waals surface area contributed by atoms with Gasteiger partial charge in [-0.1, -0.05) is 11.6 Å². The van der Waals surface area contributed by atoms with Gasteiger partial charge in [-0.25, -0.2) is 9.97 Å². The number of hydrogen-bond donors (Lipinski definition) is 0. The summed E-state index contributed by atoms with van der Waals surface area (Å²) >= 11 is 5.98. The highest BCUT2D eigenvalue weighted by molar-refractivity contribution is 6.31. The van der Waals surface area contributed by atoms with Gasteiger partial charge in [0.05, 0.1) is 0 Å². The van der Waals surface area contributed by atoms with Crippen molar-refractivity contribution in [3.05, 3.63) is 59.0 Å². The maximum Gasteiger partial charge on any atom is 0.254 e. The van der Waals surface area contributed by atoms with Gasteiger partial charge in [0, 0.05) is 41.9 Å². The van der Waals surface area contributed by atoms with Crippen molar-refractivity contribution in [1.29, 1.82) is 0 Å². The Morgan fingerprint density at radius 1 is 1.24 bits per heavy atom. The summed E-state index contributed by atoms with van der Waals surface area (Å²) in [5.41, 5.74) is 1.78. The molecule has 0 spiro atoms. The number of oxazole rings is 1. The van der Waals surface area contributed by atoms with Crippen LogP contribution < -0.4 is 0 Å². The van der Waals surface area contributed by atoms with Crippen molar-refractivity contribution in [1.82, 2.24) is 14.9 Å². The fourth-order valence-electron chi connectivity index (χ4n) is 3.14. The molecular formula is C18H15ClFN3O2. The van der Waals surface area contributed by atoms with Crippen LogP contribution in [0.4, 0.5) is 4.39 Å². The van der Waals surface area contributed by atoms with E-state index in [4.69, 9.17) is 16.0 Å². The average Bonchev–Trinajstić information content (AvgIpc) is 3.04. The van der Waals surface area contributed by atoms with Crippen molar-refractivity contribution in [2.75, 3.05) is 13.1 Å². The van der Waals surface area contributed by atoms with Crippen LogP contribution in [0.3, 0.4) is 0 Å². The van der Waals surface area contributed by atoms with Crippen LogP contribution in [0.25, 0.3) is 11.1 Å². The number of pyridine rings is 1. The Bertz CT molecular complexity index is 935. The fourth-order valence-corrected chi connectivity index (χ4v) is 3.31. The number of rotatable bonds is 2. The molecule has 0 bridgehead atoms. The van der Waals surface area contributed by atoms with Crippen LogP contribution in [-0.2, 0) is 0 Å². The van der Waals surface area contributed by atoms with Crippen LogP contribution in [0.5, 0.6) is 0 Å². The molecule has 128 valence electrons. The van der Waals surface area contributed by atoms with E-state index in [-0.39, 0.29) is 11.8 Å². The van der Waals surface area contributed by atoms with Crippen LogP contribution >= 0.6 is 11.6 Å². The molecule has 1 aliphatic rings. The van der Waals surface area contributed by atoms with E-state index in [1.807, 2.05) is 6.07 Å². The molecule has 5 nitrogen and oxygen atoms in total. The second-order valence-corrected chi connectivity index (χ2v) is 6.53. The van der Waals surface area contributed by atoms with Crippen LogP contribution in [0, 0.1) is 5.95 Å². The van der Waals surface area contributed by atoms with E-state index >= 15 is 0 Å². The lowest BCUT2D eigenvalue weighted by atomic mass is 9.96. The van der Waals surface area contributed by atoms with Crippen molar-refractivity contribution in [3.63, 3.8) is 0 Å². The monoisotopic (exact) mass is 359 g/mol. The third kappa shape index (κ3) is 3.22. The molecule has 25 heavy (non-hydrogen) atoms. The summed E-state index contributed by atoms with van der Waals surface area (Å²) in [4.78, 5) is 22.2. The number of hydrogen-bond acceptors (Lipinski definition) is 4. The first-order valence-corrected chi connectivity index (χ1v) is 8.45. The first-order valence-electron chi connectivity index (χ1n) is 8.07. The van der Waals surface area contributed by atoms with E-state index < -0.39 is 5.95 Å². The Labute approximate surface area is 148 Å². The largest absolute Gasteiger partial charge is 0.440 e. The molecule has 4 rings (SSSR count). The van der Waals surface area contributed by atoms with E-state index in [9.17, 15) is 9.18 Å². The molecule has 0 saturated carbocycles. The molecule has 0 unspecified atom stereocenters. The summed E-state index contributed by atoms with van der Waals surface area (Å²) in [5.74, 6) is 0.0127. The number of likely N-dealkylation sites (tertiary alicyclic amines) is 1. The number of piperidine rings is 1. The van der Waals surface area contributed by atoms with Gasteiger partial charge in [-0.15, -0.1) is 0 Å². The Balaban J connectivity index is 1.46. The quantitative estimate of drug-likeness (QED) is 0.648. The lowest BCUT2D eigenvalue weighted by molar-refractivity contribution is 0.0706. The molecule has 0 atom stereocenters. The smallest absolute Gasteiger partial charge is 0.254 e. The number of halogens is 2. The van der Waals surface area contributed by atoms with Gasteiger partial charge < -0.3 is 9.32 Å². The van der Waals surface area contributed by atoms with Crippen molar-refractivity contribution in [3.8, 4) is 0 Å². The van der Waals surface area contributed by atoms with E-state index in [2.05, 4.69) is 9.97 Å². The molecule has 1 fully saturated rings. The van der Waals surface area contributed by atoms with E-state index in [0.29, 0.717) is 35.1 Å². The minimum atomic E-state index is -0.647. The van der Waals surface area contributed by atoms with Gasteiger partial charge in [-0.3, -0.25) is 4.79 Å². The summed E-state index contributed by atoms with van der Waals surface area (Å²) in [6.45, 7) is 1.15. The molecule has 3 heterocycles. The molecule has 7 heteroatoms. The van der Waals surface area contributed by atoms with Gasteiger partial charge in [0.2, 0.25) is 5.95 Å². The predicted molar refractivity (Wildman–Crippen MR) is 91.1 cm³/mol. The zero-order valence-electron chi connectivity index (χ0n) is 13.3. The number of nitrogens with zero attached hydrogens (tertiary/aromatic N) is 3. The number of aromatic nitrogens is 2. The molecule has 0 radical (unpaired) electrons. The highest BCUT2D eigenvalue weighted by Gasteiger charge is 2.27. The van der Waals surface area contributed by atoms with Gasteiger partial charge in [0.25, 0.3) is 5.91 Å². The average molecular weight is 360 g/mol. The normalized spacial score (nSPS) is 15.7. The third-order valence-electron chi connectivity index (χ3n) is 4.47.